The first-order valence-corrected chi connectivity index (χ1v) is 11.4. The highest BCUT2D eigenvalue weighted by molar-refractivity contribution is 5.92. The molecule has 1 amide bonds. The number of hydrogen-bond acceptors (Lipinski definition) is 4. The number of rotatable bonds is 4. The molecule has 7 heteroatoms. The quantitative estimate of drug-likeness (QED) is 0.555. The fourth-order valence-electron chi connectivity index (χ4n) is 4.91. The number of phenols is 1. The van der Waals surface area contributed by atoms with E-state index in [1.165, 1.54) is 12.5 Å². The van der Waals surface area contributed by atoms with Gasteiger partial charge in [0.25, 0.3) is 0 Å². The maximum Gasteiger partial charge on any atom is 0.229 e. The van der Waals surface area contributed by atoms with Crippen LogP contribution in [0.1, 0.15) is 60.5 Å². The van der Waals surface area contributed by atoms with Crippen molar-refractivity contribution in [2.24, 2.45) is 0 Å². The average Bonchev–Trinajstić information content (AvgIpc) is 2.81. The second-order valence-electron chi connectivity index (χ2n) is 8.90. The van der Waals surface area contributed by atoms with Crippen LogP contribution in [0.15, 0.2) is 36.4 Å². The smallest absolute Gasteiger partial charge is 0.229 e. The van der Waals surface area contributed by atoms with Crippen LogP contribution in [0, 0.1) is 11.6 Å². The van der Waals surface area contributed by atoms with Crippen molar-refractivity contribution in [3.8, 4) is 17.0 Å². The van der Waals surface area contributed by atoms with Crippen molar-refractivity contribution in [2.45, 2.75) is 57.3 Å². The summed E-state index contributed by atoms with van der Waals surface area (Å²) >= 11 is 0. The van der Waals surface area contributed by atoms with Crippen LogP contribution in [0.5, 0.6) is 5.75 Å². The van der Waals surface area contributed by atoms with Gasteiger partial charge in [0, 0.05) is 11.5 Å². The molecule has 0 spiro atoms. The van der Waals surface area contributed by atoms with Crippen LogP contribution < -0.4 is 5.32 Å². The van der Waals surface area contributed by atoms with Gasteiger partial charge in [0.1, 0.15) is 5.75 Å². The Morgan fingerprint density at radius 1 is 1.00 bits per heavy atom. The van der Waals surface area contributed by atoms with Crippen molar-refractivity contribution in [3.63, 3.8) is 0 Å². The van der Waals surface area contributed by atoms with Crippen LogP contribution in [-0.4, -0.2) is 21.0 Å². The lowest BCUT2D eigenvalue weighted by Gasteiger charge is -2.26. The first kappa shape index (κ1) is 21.5. The number of anilines is 1. The molecule has 33 heavy (non-hydrogen) atoms. The normalized spacial score (nSPS) is 15.6. The van der Waals surface area contributed by atoms with E-state index in [9.17, 15) is 18.7 Å². The van der Waals surface area contributed by atoms with E-state index < -0.39 is 11.6 Å². The molecular formula is C26H25F2N3O2. The Morgan fingerprint density at radius 3 is 2.61 bits per heavy atom. The monoisotopic (exact) mass is 449 g/mol. The summed E-state index contributed by atoms with van der Waals surface area (Å²) < 4.78 is 26.8. The summed E-state index contributed by atoms with van der Waals surface area (Å²) in [5, 5.41) is 12.8. The van der Waals surface area contributed by atoms with E-state index in [-0.39, 0.29) is 24.0 Å². The molecule has 170 valence electrons. The van der Waals surface area contributed by atoms with E-state index >= 15 is 0 Å². The van der Waals surface area contributed by atoms with Crippen molar-refractivity contribution in [3.05, 3.63) is 70.5 Å². The van der Waals surface area contributed by atoms with Crippen LogP contribution in [0.25, 0.3) is 11.3 Å². The number of aryl methyl sites for hydroxylation is 2. The third kappa shape index (κ3) is 4.45. The van der Waals surface area contributed by atoms with E-state index in [1.807, 2.05) is 6.07 Å². The number of carbonyl (C=O) groups excluding carboxylic acids is 1. The molecule has 2 N–H and O–H groups in total. The Labute approximate surface area is 190 Å². The van der Waals surface area contributed by atoms with Gasteiger partial charge in [-0.1, -0.05) is 25.3 Å². The Bertz CT molecular complexity index is 1220. The van der Waals surface area contributed by atoms with Gasteiger partial charge in [-0.05, 0) is 67.1 Å². The molecule has 5 rings (SSSR count). The number of amides is 1. The third-order valence-corrected chi connectivity index (χ3v) is 6.57. The topological polar surface area (TPSA) is 75.1 Å². The summed E-state index contributed by atoms with van der Waals surface area (Å²) in [6, 6.07) is 8.79. The number of fused-ring (bicyclic) bond motifs is 3. The minimum Gasteiger partial charge on any atom is -0.508 e. The molecular weight excluding hydrogens is 424 g/mol. The van der Waals surface area contributed by atoms with Crippen LogP contribution in [0.4, 0.5) is 14.6 Å². The fourth-order valence-corrected chi connectivity index (χ4v) is 4.91. The fraction of sp³-hybridized carbons (Fsp3) is 0.346. The first-order chi connectivity index (χ1) is 16.0. The largest absolute Gasteiger partial charge is 0.508 e. The molecule has 1 heterocycles. The van der Waals surface area contributed by atoms with Gasteiger partial charge in [-0.15, -0.1) is 0 Å². The third-order valence-electron chi connectivity index (χ3n) is 6.57. The number of benzene rings is 2. The molecule has 0 bridgehead atoms. The predicted octanol–water partition coefficient (Wildman–Crippen LogP) is 5.45. The van der Waals surface area contributed by atoms with E-state index in [4.69, 9.17) is 9.97 Å². The van der Waals surface area contributed by atoms with Gasteiger partial charge >= 0.3 is 0 Å². The zero-order valence-electron chi connectivity index (χ0n) is 18.2. The van der Waals surface area contributed by atoms with E-state index in [0.717, 1.165) is 72.4 Å². The Kier molecular flexibility index (Phi) is 5.79. The van der Waals surface area contributed by atoms with Crippen LogP contribution in [-0.2, 0) is 24.1 Å². The molecule has 0 aliphatic heterocycles. The van der Waals surface area contributed by atoms with Crippen LogP contribution >= 0.6 is 0 Å². The first-order valence-electron chi connectivity index (χ1n) is 11.4. The molecule has 2 aromatic carbocycles. The second-order valence-corrected chi connectivity index (χ2v) is 8.90. The second kappa shape index (κ2) is 8.89. The lowest BCUT2D eigenvalue weighted by Crippen LogP contribution is -2.21. The number of hydrogen-bond donors (Lipinski definition) is 2. The summed E-state index contributed by atoms with van der Waals surface area (Å²) in [4.78, 5) is 22.7. The zero-order valence-corrected chi connectivity index (χ0v) is 18.2. The minimum atomic E-state index is -0.971. The van der Waals surface area contributed by atoms with E-state index in [2.05, 4.69) is 5.32 Å². The maximum absolute atomic E-state index is 13.6. The lowest BCUT2D eigenvalue weighted by molar-refractivity contribution is -0.115. The van der Waals surface area contributed by atoms with Crippen LogP contribution in [0.3, 0.4) is 0 Å². The molecule has 0 unspecified atom stereocenters. The predicted molar refractivity (Wildman–Crippen MR) is 121 cm³/mol. The zero-order chi connectivity index (χ0) is 22.9. The van der Waals surface area contributed by atoms with Crippen molar-refractivity contribution < 1.29 is 18.7 Å². The van der Waals surface area contributed by atoms with Crippen LogP contribution in [0.2, 0.25) is 0 Å². The highest BCUT2D eigenvalue weighted by Crippen LogP contribution is 2.39. The molecule has 5 nitrogen and oxygen atoms in total. The Hall–Kier alpha value is -3.35. The SMILES string of the molecule is O=C(Cc1ccc(F)c(F)c1)Nc1nc2c(nc1C1CCCCC1)-c1ccc(O)cc1CC2. The van der Waals surface area contributed by atoms with Gasteiger partial charge in [0.2, 0.25) is 5.91 Å². The average molecular weight is 450 g/mol. The molecule has 3 aromatic rings. The summed E-state index contributed by atoms with van der Waals surface area (Å²) in [7, 11) is 0. The summed E-state index contributed by atoms with van der Waals surface area (Å²) in [6.07, 6.45) is 6.69. The number of halogens is 2. The van der Waals surface area contributed by atoms with Gasteiger partial charge in [-0.25, -0.2) is 18.7 Å². The Balaban J connectivity index is 1.49. The highest BCUT2D eigenvalue weighted by Gasteiger charge is 2.27. The van der Waals surface area contributed by atoms with Crippen molar-refractivity contribution in [1.82, 2.24) is 9.97 Å². The number of aromatic hydroxyl groups is 1. The lowest BCUT2D eigenvalue weighted by atomic mass is 9.85. The molecule has 1 fully saturated rings. The van der Waals surface area contributed by atoms with E-state index in [0.29, 0.717) is 17.8 Å². The van der Waals surface area contributed by atoms with Gasteiger partial charge in [0.15, 0.2) is 17.5 Å². The van der Waals surface area contributed by atoms with Crippen molar-refractivity contribution in [2.75, 3.05) is 5.32 Å². The minimum absolute atomic E-state index is 0.0812. The van der Waals surface area contributed by atoms with Gasteiger partial charge in [-0.3, -0.25) is 4.79 Å². The van der Waals surface area contributed by atoms with Gasteiger partial charge in [-0.2, -0.15) is 0 Å². The molecule has 0 radical (unpaired) electrons. The highest BCUT2D eigenvalue weighted by atomic mass is 19.2. The van der Waals surface area contributed by atoms with Gasteiger partial charge in [0.05, 0.1) is 23.5 Å². The molecule has 1 saturated carbocycles. The Morgan fingerprint density at radius 2 is 1.82 bits per heavy atom. The molecule has 2 aliphatic rings. The molecule has 0 atom stereocenters. The van der Waals surface area contributed by atoms with Crippen molar-refractivity contribution in [1.29, 1.82) is 0 Å². The number of nitrogens with zero attached hydrogens (tertiary/aromatic N) is 2. The standard InChI is InChI=1S/C26H25F2N3O2/c27-20-10-6-15(12-21(20)28)13-23(33)30-26-24(16-4-2-1-3-5-16)31-25-19-9-8-18(32)14-17(19)7-11-22(25)29-26/h6,8-10,12,14,16,32H,1-5,7,11,13H2,(H,29,30,33). The number of nitrogens with one attached hydrogen (secondary N) is 1. The molecule has 0 saturated heterocycles. The van der Waals surface area contributed by atoms with Gasteiger partial charge < -0.3 is 10.4 Å². The molecule has 1 aromatic heterocycles. The molecule has 2 aliphatic carbocycles. The van der Waals surface area contributed by atoms with Crippen molar-refractivity contribution >= 4 is 11.7 Å². The summed E-state index contributed by atoms with van der Waals surface area (Å²) in [6.45, 7) is 0. The number of carbonyl (C=O) groups is 1. The van der Waals surface area contributed by atoms with E-state index in [1.54, 1.807) is 12.1 Å². The maximum atomic E-state index is 13.6. The summed E-state index contributed by atoms with van der Waals surface area (Å²) in [5.74, 6) is -1.34. The summed E-state index contributed by atoms with van der Waals surface area (Å²) in [5.41, 5.74) is 4.82. The number of aromatic nitrogens is 2. The number of phenolic OH excluding ortho intramolecular Hbond substituents is 1.